The minimum Gasteiger partial charge on any atom is -0.468 e. The number of methoxy groups -OCH3 is 1. The van der Waals surface area contributed by atoms with Crippen LogP contribution in [0.1, 0.15) is 57.1 Å². The molecule has 10 heteroatoms. The van der Waals surface area contributed by atoms with Gasteiger partial charge in [0, 0.05) is 17.2 Å². The maximum Gasteiger partial charge on any atom is 0.315 e. The van der Waals surface area contributed by atoms with E-state index in [0.29, 0.717) is 27.5 Å². The first-order valence-electron chi connectivity index (χ1n) is 14.0. The van der Waals surface area contributed by atoms with Gasteiger partial charge in [0.05, 0.1) is 35.5 Å². The summed E-state index contributed by atoms with van der Waals surface area (Å²) in [5.74, 6) is -4.71. The van der Waals surface area contributed by atoms with E-state index in [1.807, 2.05) is 0 Å². The molecule has 1 atom stereocenters. The molecule has 1 amide bonds. The van der Waals surface area contributed by atoms with Gasteiger partial charge in [-0.3, -0.25) is 9.59 Å². The number of hydrogen-bond donors (Lipinski definition) is 3. The van der Waals surface area contributed by atoms with Gasteiger partial charge in [-0.15, -0.1) is 0 Å². The second-order valence-electron chi connectivity index (χ2n) is 11.6. The van der Waals surface area contributed by atoms with Crippen molar-refractivity contribution in [3.63, 3.8) is 0 Å². The number of rotatable bonds is 7. The molecule has 1 heterocycles. The zero-order valence-electron chi connectivity index (χ0n) is 23.6. The first kappa shape index (κ1) is 29.8. The number of amides is 1. The Hall–Kier alpha value is -3.72. The molecule has 1 saturated carbocycles. The van der Waals surface area contributed by atoms with Gasteiger partial charge in [-0.05, 0) is 68.0 Å². The Bertz CT molecular complexity index is 1480. The lowest BCUT2D eigenvalue weighted by Gasteiger charge is -2.43. The predicted octanol–water partition coefficient (Wildman–Crippen LogP) is 7.73. The van der Waals surface area contributed by atoms with Gasteiger partial charge in [-0.2, -0.15) is 0 Å². The Morgan fingerprint density at radius 3 is 2.07 bits per heavy atom. The largest absolute Gasteiger partial charge is 0.468 e. The van der Waals surface area contributed by atoms with Gasteiger partial charge in [0.25, 0.3) is 0 Å². The Labute approximate surface area is 248 Å². The zero-order valence-corrected chi connectivity index (χ0v) is 24.4. The van der Waals surface area contributed by atoms with Crippen LogP contribution in [0.2, 0.25) is 5.02 Å². The van der Waals surface area contributed by atoms with E-state index in [4.69, 9.17) is 16.3 Å². The average Bonchev–Trinajstić information content (AvgIpc) is 3.33. The van der Waals surface area contributed by atoms with Crippen LogP contribution in [0.5, 0.6) is 0 Å². The molecule has 3 aromatic carbocycles. The summed E-state index contributed by atoms with van der Waals surface area (Å²) in [6.07, 6.45) is 4.33. The number of benzene rings is 3. The molecule has 5 rings (SSSR count). The van der Waals surface area contributed by atoms with Gasteiger partial charge >= 0.3 is 5.97 Å². The Morgan fingerprint density at radius 1 is 0.929 bits per heavy atom. The van der Waals surface area contributed by atoms with Crippen molar-refractivity contribution in [3.8, 4) is 0 Å². The number of fused-ring (bicyclic) bond motifs is 1. The second-order valence-corrected chi connectivity index (χ2v) is 12.0. The monoisotopic (exact) mass is 599 g/mol. The number of carbonyl (C=O) groups excluding carboxylic acids is 2. The van der Waals surface area contributed by atoms with Crippen LogP contribution in [-0.4, -0.2) is 19.0 Å². The second kappa shape index (κ2) is 11.5. The van der Waals surface area contributed by atoms with Crippen LogP contribution in [0.4, 0.5) is 30.2 Å². The van der Waals surface area contributed by atoms with Crippen molar-refractivity contribution < 1.29 is 27.5 Å². The molecule has 0 bridgehead atoms. The number of hydrogen-bond acceptors (Lipinski definition) is 5. The summed E-state index contributed by atoms with van der Waals surface area (Å²) in [7, 11) is 1.27. The number of esters is 1. The molecule has 1 aliphatic heterocycles. The zero-order chi connectivity index (χ0) is 30.2. The third kappa shape index (κ3) is 5.42. The molecular weight excluding hydrogens is 567 g/mol. The van der Waals surface area contributed by atoms with Gasteiger partial charge in [-0.25, -0.2) is 13.2 Å². The minimum atomic E-state index is -1.32. The number of ether oxygens (including phenoxy) is 1. The molecular formula is C32H33ClF3N3O3. The lowest BCUT2D eigenvalue weighted by atomic mass is 9.71. The standard InChI is InChI=1S/C32H33ClF3N3O3/c1-31(2,30(41)42-3)20-11-14-25(24(36)15-20)37-29(40)28(18-7-5-4-6-8-18)32(19-9-12-21(33)13-10-19)38-26-16-22(34)23(35)17-27(26)39-32/h9-18,28,38-39H,4-8H2,1-3H3,(H,37,40). The number of halogens is 4. The van der Waals surface area contributed by atoms with Gasteiger partial charge in [0.2, 0.25) is 5.91 Å². The van der Waals surface area contributed by atoms with Crippen molar-refractivity contribution in [1.29, 1.82) is 0 Å². The molecule has 222 valence electrons. The quantitative estimate of drug-likeness (QED) is 0.242. The van der Waals surface area contributed by atoms with Crippen molar-refractivity contribution in [1.82, 2.24) is 0 Å². The molecule has 2 aliphatic rings. The van der Waals surface area contributed by atoms with Crippen molar-refractivity contribution in [2.24, 2.45) is 11.8 Å². The highest BCUT2D eigenvalue weighted by molar-refractivity contribution is 6.30. The smallest absolute Gasteiger partial charge is 0.315 e. The van der Waals surface area contributed by atoms with E-state index in [-0.39, 0.29) is 11.6 Å². The van der Waals surface area contributed by atoms with Gasteiger partial charge in [-0.1, -0.05) is 49.1 Å². The van der Waals surface area contributed by atoms with E-state index < -0.39 is 46.3 Å². The van der Waals surface area contributed by atoms with Crippen LogP contribution in [0.3, 0.4) is 0 Å². The van der Waals surface area contributed by atoms with E-state index in [1.165, 1.54) is 19.2 Å². The fraction of sp³-hybridized carbons (Fsp3) is 0.375. The van der Waals surface area contributed by atoms with Crippen LogP contribution < -0.4 is 16.0 Å². The van der Waals surface area contributed by atoms with Crippen LogP contribution in [-0.2, 0) is 25.4 Å². The van der Waals surface area contributed by atoms with Crippen LogP contribution >= 0.6 is 11.6 Å². The highest BCUT2D eigenvalue weighted by Gasteiger charge is 2.52. The highest BCUT2D eigenvalue weighted by atomic mass is 35.5. The number of anilines is 3. The van der Waals surface area contributed by atoms with Crippen molar-refractivity contribution >= 4 is 40.5 Å². The number of nitrogens with one attached hydrogen (secondary N) is 3. The molecule has 0 radical (unpaired) electrons. The van der Waals surface area contributed by atoms with Crippen LogP contribution in [0.25, 0.3) is 0 Å². The topological polar surface area (TPSA) is 79.5 Å². The van der Waals surface area contributed by atoms with Crippen molar-refractivity contribution in [3.05, 3.63) is 88.2 Å². The Kier molecular flexibility index (Phi) is 8.16. The molecule has 0 spiro atoms. The van der Waals surface area contributed by atoms with E-state index in [2.05, 4.69) is 16.0 Å². The molecule has 1 aliphatic carbocycles. The minimum absolute atomic E-state index is 0.0518. The Morgan fingerprint density at radius 2 is 1.52 bits per heavy atom. The number of carbonyl (C=O) groups is 2. The Balaban J connectivity index is 1.57. The highest BCUT2D eigenvalue weighted by Crippen LogP contribution is 2.49. The van der Waals surface area contributed by atoms with E-state index in [9.17, 15) is 18.4 Å². The lowest BCUT2D eigenvalue weighted by Crippen LogP contribution is -2.54. The van der Waals surface area contributed by atoms with Crippen LogP contribution in [0, 0.1) is 29.3 Å². The fourth-order valence-electron chi connectivity index (χ4n) is 6.22. The summed E-state index contributed by atoms with van der Waals surface area (Å²) in [6.45, 7) is 3.25. The predicted molar refractivity (Wildman–Crippen MR) is 157 cm³/mol. The maximum atomic E-state index is 15.5. The summed E-state index contributed by atoms with van der Waals surface area (Å²) in [6, 6.07) is 13.2. The normalized spacial score (nSPS) is 17.0. The third-order valence-corrected chi connectivity index (χ3v) is 8.79. The lowest BCUT2D eigenvalue weighted by molar-refractivity contribution is -0.146. The SMILES string of the molecule is COC(=O)C(C)(C)c1ccc(NC(=O)C(C2CCCCC2)C2(c3ccc(Cl)cc3)Nc3cc(F)c(F)cc3N2)c(F)c1. The summed E-state index contributed by atoms with van der Waals surface area (Å²) in [5.41, 5.74) is -0.840. The molecule has 6 nitrogen and oxygen atoms in total. The average molecular weight is 600 g/mol. The van der Waals surface area contributed by atoms with Crippen molar-refractivity contribution in [2.45, 2.75) is 57.0 Å². The fourth-order valence-corrected chi connectivity index (χ4v) is 6.35. The summed E-state index contributed by atoms with van der Waals surface area (Å²) < 4.78 is 48.9. The molecule has 1 fully saturated rings. The summed E-state index contributed by atoms with van der Waals surface area (Å²) >= 11 is 6.19. The van der Waals surface area contributed by atoms with Gasteiger partial charge < -0.3 is 20.7 Å². The first-order valence-corrected chi connectivity index (χ1v) is 14.3. The molecule has 3 N–H and O–H groups in total. The van der Waals surface area contributed by atoms with Gasteiger partial charge in [0.1, 0.15) is 11.5 Å². The van der Waals surface area contributed by atoms with Crippen molar-refractivity contribution in [2.75, 3.05) is 23.1 Å². The van der Waals surface area contributed by atoms with E-state index in [1.54, 1.807) is 44.2 Å². The summed E-state index contributed by atoms with van der Waals surface area (Å²) in [5, 5.41) is 9.88. The summed E-state index contributed by atoms with van der Waals surface area (Å²) in [4.78, 5) is 26.6. The van der Waals surface area contributed by atoms with E-state index >= 15 is 4.39 Å². The van der Waals surface area contributed by atoms with Crippen LogP contribution in [0.15, 0.2) is 54.6 Å². The molecule has 3 aromatic rings. The first-order chi connectivity index (χ1) is 20.0. The molecule has 42 heavy (non-hydrogen) atoms. The maximum absolute atomic E-state index is 15.5. The van der Waals surface area contributed by atoms with Gasteiger partial charge in [0.15, 0.2) is 11.6 Å². The molecule has 0 saturated heterocycles. The third-order valence-electron chi connectivity index (χ3n) is 8.54. The molecule has 0 aromatic heterocycles. The molecule has 1 unspecified atom stereocenters. The van der Waals surface area contributed by atoms with E-state index in [0.717, 1.165) is 44.2 Å².